The second kappa shape index (κ2) is 9.30. The van der Waals surface area contributed by atoms with Gasteiger partial charge in [0.2, 0.25) is 21.9 Å². The Morgan fingerprint density at radius 1 is 1.14 bits per heavy atom. The second-order valence-electron chi connectivity index (χ2n) is 8.41. The number of aromatic nitrogens is 2. The minimum absolute atomic E-state index is 0.0237. The zero-order valence-electron chi connectivity index (χ0n) is 19.6. The van der Waals surface area contributed by atoms with Crippen LogP contribution >= 0.6 is 0 Å². The summed E-state index contributed by atoms with van der Waals surface area (Å²) in [6.45, 7) is 0.0237. The number of rotatable bonds is 7. The fraction of sp³-hybridized carbons (Fsp3) is 0.261. The summed E-state index contributed by atoms with van der Waals surface area (Å²) >= 11 is 0. The number of nitrogens with zero attached hydrogens (tertiary/aromatic N) is 4. The maximum atomic E-state index is 13.8. The number of sulfonamides is 1. The van der Waals surface area contributed by atoms with Crippen LogP contribution in [0.25, 0.3) is 0 Å². The van der Waals surface area contributed by atoms with Gasteiger partial charge in [0.1, 0.15) is 11.4 Å². The molecule has 9 nitrogen and oxygen atoms in total. The first-order valence-electron chi connectivity index (χ1n) is 10.7. The summed E-state index contributed by atoms with van der Waals surface area (Å²) in [6.07, 6.45) is -2.66. The average Bonchev–Trinajstić information content (AvgIpc) is 3.16. The maximum Gasteiger partial charge on any atom is 0.421 e. The van der Waals surface area contributed by atoms with E-state index in [1.165, 1.54) is 19.0 Å². The number of carbonyl (C=O) groups excluding carboxylic acids is 1. The van der Waals surface area contributed by atoms with E-state index >= 15 is 0 Å². The molecule has 0 saturated heterocycles. The Kier molecular flexibility index (Phi) is 6.52. The lowest BCUT2D eigenvalue weighted by atomic mass is 10.1. The van der Waals surface area contributed by atoms with Gasteiger partial charge in [0.25, 0.3) is 0 Å². The molecule has 0 aliphatic carbocycles. The van der Waals surface area contributed by atoms with E-state index < -0.39 is 21.8 Å². The molecule has 3 aromatic rings. The van der Waals surface area contributed by atoms with Gasteiger partial charge in [-0.05, 0) is 35.4 Å². The number of alkyl halides is 3. The molecule has 1 aliphatic rings. The van der Waals surface area contributed by atoms with E-state index in [9.17, 15) is 26.4 Å². The van der Waals surface area contributed by atoms with E-state index in [1.807, 2.05) is 0 Å². The van der Waals surface area contributed by atoms with Crippen molar-refractivity contribution in [2.75, 3.05) is 40.2 Å². The van der Waals surface area contributed by atoms with Crippen LogP contribution in [0.1, 0.15) is 16.7 Å². The Bertz CT molecular complexity index is 1430. The molecule has 0 atom stereocenters. The molecule has 1 aromatic heterocycles. The Hall–Kier alpha value is -3.87. The smallest absolute Gasteiger partial charge is 0.355 e. The molecule has 0 unspecified atom stereocenters. The lowest BCUT2D eigenvalue weighted by molar-refractivity contribution is -0.137. The third-order valence-corrected chi connectivity index (χ3v) is 6.82. The van der Waals surface area contributed by atoms with Gasteiger partial charge in [-0.3, -0.25) is 9.10 Å². The predicted molar refractivity (Wildman–Crippen MR) is 131 cm³/mol. The van der Waals surface area contributed by atoms with E-state index in [0.717, 1.165) is 16.1 Å². The van der Waals surface area contributed by atoms with E-state index in [-0.39, 0.29) is 30.6 Å². The molecule has 2 N–H and O–H groups in total. The summed E-state index contributed by atoms with van der Waals surface area (Å²) < 4.78 is 66.1. The predicted octanol–water partition coefficient (Wildman–Crippen LogP) is 3.77. The number of carbonyl (C=O) groups is 1. The summed E-state index contributed by atoms with van der Waals surface area (Å²) in [5.41, 5.74) is 1.90. The molecule has 0 radical (unpaired) electrons. The van der Waals surface area contributed by atoms with E-state index in [2.05, 4.69) is 20.6 Å². The van der Waals surface area contributed by atoms with Gasteiger partial charge in [0.05, 0.1) is 18.4 Å². The summed E-state index contributed by atoms with van der Waals surface area (Å²) in [5.74, 6) is -0.542. The minimum atomic E-state index is -4.70. The lowest BCUT2D eigenvalue weighted by Gasteiger charge is -2.24. The summed E-state index contributed by atoms with van der Waals surface area (Å²) in [6, 6.07) is 11.6. The van der Waals surface area contributed by atoms with Crippen molar-refractivity contribution in [1.29, 1.82) is 0 Å². The summed E-state index contributed by atoms with van der Waals surface area (Å²) in [5, 5.41) is 5.60. The molecular weight excluding hydrogens is 497 g/mol. The number of nitrogens with one attached hydrogen (secondary N) is 2. The van der Waals surface area contributed by atoms with E-state index in [4.69, 9.17) is 0 Å². The van der Waals surface area contributed by atoms with Crippen LogP contribution < -0.4 is 19.8 Å². The van der Waals surface area contributed by atoms with Crippen LogP contribution in [0.5, 0.6) is 0 Å². The normalized spacial score (nSPS) is 13.2. The van der Waals surface area contributed by atoms with Crippen LogP contribution in [-0.4, -0.2) is 44.6 Å². The molecule has 0 saturated carbocycles. The highest BCUT2D eigenvalue weighted by Gasteiger charge is 2.36. The monoisotopic (exact) mass is 520 g/mol. The van der Waals surface area contributed by atoms with Crippen molar-refractivity contribution in [2.24, 2.45) is 0 Å². The van der Waals surface area contributed by atoms with Gasteiger partial charge in [0.15, 0.2) is 0 Å². The second-order valence-corrected chi connectivity index (χ2v) is 10.4. The van der Waals surface area contributed by atoms with Crippen molar-refractivity contribution in [3.63, 3.8) is 0 Å². The van der Waals surface area contributed by atoms with Crippen molar-refractivity contribution in [2.45, 2.75) is 19.1 Å². The topological polar surface area (TPSA) is 108 Å². The van der Waals surface area contributed by atoms with Crippen LogP contribution in [0.3, 0.4) is 0 Å². The number of fused-ring (bicyclic) bond motifs is 1. The number of benzene rings is 2. The van der Waals surface area contributed by atoms with Gasteiger partial charge in [-0.15, -0.1) is 0 Å². The summed E-state index contributed by atoms with van der Waals surface area (Å²) in [4.78, 5) is 20.9. The largest absolute Gasteiger partial charge is 0.421 e. The highest BCUT2D eigenvalue weighted by molar-refractivity contribution is 7.92. The fourth-order valence-electron chi connectivity index (χ4n) is 3.74. The van der Waals surface area contributed by atoms with Crippen LogP contribution in [0.4, 0.5) is 42.0 Å². The van der Waals surface area contributed by atoms with E-state index in [0.29, 0.717) is 28.8 Å². The Balaban J connectivity index is 1.62. The Morgan fingerprint density at radius 2 is 1.89 bits per heavy atom. The Morgan fingerprint density at radius 3 is 2.58 bits per heavy atom. The van der Waals surface area contributed by atoms with Gasteiger partial charge in [-0.1, -0.05) is 18.2 Å². The van der Waals surface area contributed by atoms with Crippen LogP contribution in [-0.2, 0) is 34.0 Å². The standard InChI is InChI=1S/C23H23F3N6O3S/c1-31(13-14-5-4-6-17(9-14)32(2)36(3,34)35)21-18(23(24,25)26)12-27-22(30-21)28-16-8-7-15-10-20(33)29-19(15)11-16/h4-9,11-12H,10,13H2,1-3H3,(H,29,33)(H,27,28,30). The molecule has 2 heterocycles. The van der Waals surface area contributed by atoms with Gasteiger partial charge < -0.3 is 15.5 Å². The zero-order chi connectivity index (χ0) is 26.3. The highest BCUT2D eigenvalue weighted by atomic mass is 32.2. The molecule has 13 heteroatoms. The zero-order valence-corrected chi connectivity index (χ0v) is 20.4. The van der Waals surface area contributed by atoms with Gasteiger partial charge in [-0.25, -0.2) is 13.4 Å². The number of halogens is 3. The molecule has 1 amide bonds. The molecule has 4 rings (SSSR count). The molecule has 0 bridgehead atoms. The van der Waals surface area contributed by atoms with Crippen LogP contribution in [0.15, 0.2) is 48.7 Å². The molecule has 2 aromatic carbocycles. The van der Waals surface area contributed by atoms with Crippen molar-refractivity contribution >= 4 is 44.8 Å². The quantitative estimate of drug-likeness (QED) is 0.488. The highest BCUT2D eigenvalue weighted by Crippen LogP contribution is 2.36. The van der Waals surface area contributed by atoms with Gasteiger partial charge >= 0.3 is 6.18 Å². The van der Waals surface area contributed by atoms with E-state index in [1.54, 1.807) is 42.5 Å². The van der Waals surface area contributed by atoms with Crippen molar-refractivity contribution in [3.8, 4) is 0 Å². The average molecular weight is 521 g/mol. The molecule has 190 valence electrons. The first kappa shape index (κ1) is 25.2. The number of anilines is 5. The molecule has 1 aliphatic heterocycles. The van der Waals surface area contributed by atoms with Crippen LogP contribution in [0.2, 0.25) is 0 Å². The SMILES string of the molecule is CN(Cc1cccc(N(C)S(C)(=O)=O)c1)c1nc(Nc2ccc3c(c2)NC(=O)C3)ncc1C(F)(F)F. The fourth-order valence-corrected chi connectivity index (χ4v) is 4.23. The van der Waals surface area contributed by atoms with Gasteiger partial charge in [0, 0.05) is 38.2 Å². The number of hydrogen-bond donors (Lipinski definition) is 2. The van der Waals surface area contributed by atoms with Crippen LogP contribution in [0, 0.1) is 0 Å². The minimum Gasteiger partial charge on any atom is -0.355 e. The third kappa shape index (κ3) is 5.51. The molecule has 0 fully saturated rings. The molecule has 36 heavy (non-hydrogen) atoms. The first-order valence-corrected chi connectivity index (χ1v) is 12.5. The third-order valence-electron chi connectivity index (χ3n) is 5.62. The molecular formula is C23H23F3N6O3S. The first-order chi connectivity index (χ1) is 16.8. The van der Waals surface area contributed by atoms with Crippen molar-refractivity contribution in [3.05, 3.63) is 65.4 Å². The maximum absolute atomic E-state index is 13.8. The lowest BCUT2D eigenvalue weighted by Crippen LogP contribution is -2.25. The summed E-state index contributed by atoms with van der Waals surface area (Å²) in [7, 11) is -0.650. The Labute approximate surface area is 206 Å². The number of hydrogen-bond acceptors (Lipinski definition) is 7. The van der Waals surface area contributed by atoms with Gasteiger partial charge in [-0.2, -0.15) is 18.2 Å². The van der Waals surface area contributed by atoms with Crippen molar-refractivity contribution < 1.29 is 26.4 Å². The molecule has 0 spiro atoms. The van der Waals surface area contributed by atoms with Crippen molar-refractivity contribution in [1.82, 2.24) is 9.97 Å². The number of amides is 1.